The minimum absolute atomic E-state index is 0.549. The molecule has 2 aromatic rings. The Hall–Kier alpha value is -1.29. The Bertz CT molecular complexity index is 490. The molecule has 0 atom stereocenters. The quantitative estimate of drug-likeness (QED) is 0.837. The molecule has 0 aliphatic heterocycles. The number of ether oxygens (including phenoxy) is 1. The molecule has 0 aliphatic carbocycles. The van der Waals surface area contributed by atoms with Gasteiger partial charge >= 0.3 is 0 Å². The summed E-state index contributed by atoms with van der Waals surface area (Å²) in [6.45, 7) is 0. The monoisotopic (exact) mass is 253 g/mol. The molecule has 0 aliphatic rings. The van der Waals surface area contributed by atoms with Crippen molar-refractivity contribution in [1.29, 1.82) is 0 Å². The first-order valence-corrected chi connectivity index (χ1v) is 4.86. The van der Waals surface area contributed by atoms with Crippen molar-refractivity contribution in [2.45, 2.75) is 0 Å². The molecule has 1 aromatic carbocycles. The van der Waals surface area contributed by atoms with Gasteiger partial charge in [0.25, 0.3) is 0 Å². The number of carbonyl (C=O) groups is 1. The third-order valence-corrected chi connectivity index (χ3v) is 2.94. The van der Waals surface area contributed by atoms with Crippen LogP contribution >= 0.6 is 15.9 Å². The lowest BCUT2D eigenvalue weighted by Gasteiger charge is -1.98. The number of benzene rings is 1. The average molecular weight is 254 g/mol. The van der Waals surface area contributed by atoms with E-state index in [0.717, 1.165) is 27.4 Å². The van der Waals surface area contributed by atoms with Crippen LogP contribution in [0.5, 0.6) is 5.75 Å². The summed E-state index contributed by atoms with van der Waals surface area (Å²) in [6, 6.07) is 5.61. The first-order valence-electron chi connectivity index (χ1n) is 4.06. The van der Waals surface area contributed by atoms with Gasteiger partial charge in [0.15, 0.2) is 6.29 Å². The number of fused-ring (bicyclic) bond motifs is 1. The maximum absolute atomic E-state index is 10.7. The van der Waals surface area contributed by atoms with Crippen LogP contribution in [0, 0.1) is 0 Å². The molecule has 0 bridgehead atoms. The van der Waals surface area contributed by atoms with Crippen molar-refractivity contribution in [3.8, 4) is 5.75 Å². The second-order valence-corrected chi connectivity index (χ2v) is 3.68. The maximum atomic E-state index is 10.7. The first kappa shape index (κ1) is 9.27. The minimum Gasteiger partial charge on any atom is -0.497 e. The normalized spacial score (nSPS) is 10.4. The molecule has 0 amide bonds. The van der Waals surface area contributed by atoms with Crippen LogP contribution in [0.1, 0.15) is 10.5 Å². The van der Waals surface area contributed by atoms with Gasteiger partial charge in [-0.3, -0.25) is 4.79 Å². The number of aldehydes is 1. The van der Waals surface area contributed by atoms with Gasteiger partial charge in [0.2, 0.25) is 0 Å². The van der Waals surface area contributed by atoms with Crippen LogP contribution < -0.4 is 4.74 Å². The molecule has 72 valence electrons. The standard InChI is InChI=1S/C10H8BrNO2/c1-14-6-2-3-8-7(4-6)10(11)9(5-13)12-8/h2-5,12H,1H3. The summed E-state index contributed by atoms with van der Waals surface area (Å²) in [4.78, 5) is 13.7. The molecule has 1 N–H and O–H groups in total. The molecular weight excluding hydrogens is 246 g/mol. The molecule has 0 saturated carbocycles. The van der Waals surface area contributed by atoms with Gasteiger partial charge in [-0.15, -0.1) is 0 Å². The highest BCUT2D eigenvalue weighted by atomic mass is 79.9. The van der Waals surface area contributed by atoms with E-state index < -0.39 is 0 Å². The Morgan fingerprint density at radius 1 is 1.50 bits per heavy atom. The molecule has 1 aromatic heterocycles. The van der Waals surface area contributed by atoms with E-state index in [1.807, 2.05) is 18.2 Å². The lowest BCUT2D eigenvalue weighted by Crippen LogP contribution is -1.80. The van der Waals surface area contributed by atoms with Crippen LogP contribution in [-0.2, 0) is 0 Å². The fourth-order valence-electron chi connectivity index (χ4n) is 1.37. The number of nitrogens with one attached hydrogen (secondary N) is 1. The Kier molecular flexibility index (Phi) is 2.29. The molecule has 0 unspecified atom stereocenters. The second kappa shape index (κ2) is 3.46. The zero-order chi connectivity index (χ0) is 10.1. The summed E-state index contributed by atoms with van der Waals surface area (Å²) in [5.74, 6) is 0.773. The van der Waals surface area contributed by atoms with E-state index in [9.17, 15) is 4.79 Å². The van der Waals surface area contributed by atoms with E-state index >= 15 is 0 Å². The minimum atomic E-state index is 0.549. The lowest BCUT2D eigenvalue weighted by atomic mass is 10.2. The van der Waals surface area contributed by atoms with Gasteiger partial charge in [-0.05, 0) is 34.1 Å². The van der Waals surface area contributed by atoms with Crippen LogP contribution in [0.2, 0.25) is 0 Å². The van der Waals surface area contributed by atoms with E-state index in [2.05, 4.69) is 20.9 Å². The van der Waals surface area contributed by atoms with Gasteiger partial charge < -0.3 is 9.72 Å². The zero-order valence-corrected chi connectivity index (χ0v) is 9.09. The number of methoxy groups -OCH3 is 1. The van der Waals surface area contributed by atoms with Crippen molar-refractivity contribution >= 4 is 33.1 Å². The van der Waals surface area contributed by atoms with Gasteiger partial charge in [-0.1, -0.05) is 0 Å². The van der Waals surface area contributed by atoms with Crippen molar-refractivity contribution in [2.75, 3.05) is 7.11 Å². The summed E-state index contributed by atoms with van der Waals surface area (Å²) >= 11 is 3.36. The predicted molar refractivity (Wildman–Crippen MR) is 57.9 cm³/mol. The summed E-state index contributed by atoms with van der Waals surface area (Å²) in [5, 5.41) is 0.950. The van der Waals surface area contributed by atoms with E-state index in [4.69, 9.17) is 4.74 Å². The highest BCUT2D eigenvalue weighted by Crippen LogP contribution is 2.29. The van der Waals surface area contributed by atoms with Crippen LogP contribution in [0.3, 0.4) is 0 Å². The van der Waals surface area contributed by atoms with Crippen molar-refractivity contribution in [3.05, 3.63) is 28.4 Å². The Labute approximate surface area is 89.2 Å². The fraction of sp³-hybridized carbons (Fsp3) is 0.100. The maximum Gasteiger partial charge on any atom is 0.167 e. The molecule has 3 nitrogen and oxygen atoms in total. The average Bonchev–Trinajstić information content (AvgIpc) is 2.55. The molecule has 0 spiro atoms. The van der Waals surface area contributed by atoms with Gasteiger partial charge in [-0.2, -0.15) is 0 Å². The fourth-order valence-corrected chi connectivity index (χ4v) is 1.89. The first-order chi connectivity index (χ1) is 6.76. The third-order valence-electron chi connectivity index (χ3n) is 2.09. The van der Waals surface area contributed by atoms with Crippen molar-refractivity contribution in [2.24, 2.45) is 0 Å². The van der Waals surface area contributed by atoms with Gasteiger partial charge in [-0.25, -0.2) is 0 Å². The molecule has 4 heteroatoms. The van der Waals surface area contributed by atoms with Gasteiger partial charge in [0.05, 0.1) is 17.3 Å². The highest BCUT2D eigenvalue weighted by molar-refractivity contribution is 9.10. The molecule has 14 heavy (non-hydrogen) atoms. The molecule has 2 rings (SSSR count). The smallest absolute Gasteiger partial charge is 0.167 e. The number of H-pyrrole nitrogens is 1. The van der Waals surface area contributed by atoms with Crippen LogP contribution in [0.25, 0.3) is 10.9 Å². The van der Waals surface area contributed by atoms with E-state index in [-0.39, 0.29) is 0 Å². The Morgan fingerprint density at radius 3 is 2.93 bits per heavy atom. The zero-order valence-electron chi connectivity index (χ0n) is 7.50. The van der Waals surface area contributed by atoms with Gasteiger partial charge in [0, 0.05) is 10.9 Å². The Balaban J connectivity index is 2.74. The molecular formula is C10H8BrNO2. The third kappa shape index (κ3) is 1.32. The number of carbonyl (C=O) groups excluding carboxylic acids is 1. The number of rotatable bonds is 2. The van der Waals surface area contributed by atoms with E-state index in [0.29, 0.717) is 5.69 Å². The lowest BCUT2D eigenvalue weighted by molar-refractivity contribution is 0.111. The summed E-state index contributed by atoms with van der Waals surface area (Å²) in [5.41, 5.74) is 1.47. The molecule has 0 fully saturated rings. The number of hydrogen-bond donors (Lipinski definition) is 1. The Morgan fingerprint density at radius 2 is 2.29 bits per heavy atom. The number of halogens is 1. The van der Waals surface area contributed by atoms with Crippen molar-refractivity contribution in [1.82, 2.24) is 4.98 Å². The second-order valence-electron chi connectivity index (χ2n) is 2.88. The van der Waals surface area contributed by atoms with Gasteiger partial charge in [0.1, 0.15) is 5.75 Å². The van der Waals surface area contributed by atoms with Crippen LogP contribution in [0.4, 0.5) is 0 Å². The largest absolute Gasteiger partial charge is 0.497 e. The van der Waals surface area contributed by atoms with E-state index in [1.54, 1.807) is 7.11 Å². The van der Waals surface area contributed by atoms with Crippen LogP contribution in [0.15, 0.2) is 22.7 Å². The number of aromatic nitrogens is 1. The highest BCUT2D eigenvalue weighted by Gasteiger charge is 2.08. The topological polar surface area (TPSA) is 42.1 Å². The molecule has 0 saturated heterocycles. The number of hydrogen-bond acceptors (Lipinski definition) is 2. The molecule has 0 radical (unpaired) electrons. The molecule has 1 heterocycles. The SMILES string of the molecule is COc1ccc2[nH]c(C=O)c(Br)c2c1. The summed E-state index contributed by atoms with van der Waals surface area (Å²) in [7, 11) is 1.61. The number of aromatic amines is 1. The van der Waals surface area contributed by atoms with E-state index in [1.165, 1.54) is 0 Å². The summed E-state index contributed by atoms with van der Waals surface area (Å²) in [6.07, 6.45) is 0.788. The summed E-state index contributed by atoms with van der Waals surface area (Å²) < 4.78 is 5.88. The van der Waals surface area contributed by atoms with Crippen molar-refractivity contribution < 1.29 is 9.53 Å². The van der Waals surface area contributed by atoms with Crippen molar-refractivity contribution in [3.63, 3.8) is 0 Å². The predicted octanol–water partition coefficient (Wildman–Crippen LogP) is 2.75. The van der Waals surface area contributed by atoms with Crippen LogP contribution in [-0.4, -0.2) is 18.4 Å².